The fraction of sp³-hybridized carbons (Fsp3) is 0.286. The van der Waals surface area contributed by atoms with Gasteiger partial charge >= 0.3 is 5.97 Å². The van der Waals surface area contributed by atoms with Crippen LogP contribution >= 0.6 is 23.2 Å². The van der Waals surface area contributed by atoms with Crippen molar-refractivity contribution < 1.29 is 19.4 Å². The van der Waals surface area contributed by atoms with Crippen LogP contribution in [-0.4, -0.2) is 29.9 Å². The minimum Gasteiger partial charge on any atom is -0.479 e. The summed E-state index contributed by atoms with van der Waals surface area (Å²) in [6.45, 7) is 3.79. The Bertz CT molecular complexity index is 853. The van der Waals surface area contributed by atoms with Gasteiger partial charge in [-0.1, -0.05) is 47.2 Å². The lowest BCUT2D eigenvalue weighted by Crippen LogP contribution is -2.29. The molecule has 27 heavy (non-hydrogen) atoms. The first-order valence-electron chi connectivity index (χ1n) is 8.39. The molecule has 1 atom stereocenters. The van der Waals surface area contributed by atoms with Crippen LogP contribution in [0.1, 0.15) is 25.0 Å². The monoisotopic (exact) mass is 406 g/mol. The smallest absolute Gasteiger partial charge is 0.333 e. The van der Waals surface area contributed by atoms with Crippen LogP contribution in [0.2, 0.25) is 10.0 Å². The maximum atomic E-state index is 11.3. The molecular formula is C21H20Cl2O4. The zero-order chi connectivity index (χ0) is 19.8. The second-order valence-corrected chi connectivity index (χ2v) is 6.93. The second kappa shape index (κ2) is 10.2. The van der Waals surface area contributed by atoms with E-state index >= 15 is 0 Å². The first-order valence-corrected chi connectivity index (χ1v) is 9.14. The van der Waals surface area contributed by atoms with Gasteiger partial charge in [0.05, 0.1) is 11.1 Å². The number of carbonyl (C=O) groups is 1. The number of ether oxygens (including phenoxy) is 2. The molecule has 0 aliphatic carbocycles. The summed E-state index contributed by atoms with van der Waals surface area (Å²) in [5.41, 5.74) is 1.61. The van der Waals surface area contributed by atoms with Crippen molar-refractivity contribution in [3.63, 3.8) is 0 Å². The van der Waals surface area contributed by atoms with E-state index in [2.05, 4.69) is 11.8 Å². The largest absolute Gasteiger partial charge is 0.479 e. The molecule has 2 aromatic carbocycles. The first-order chi connectivity index (χ1) is 12.8. The van der Waals surface area contributed by atoms with Crippen molar-refractivity contribution in [1.82, 2.24) is 0 Å². The van der Waals surface area contributed by atoms with Crippen molar-refractivity contribution in [2.75, 3.05) is 6.61 Å². The Balaban J connectivity index is 1.99. The number of carboxylic acids is 1. The van der Waals surface area contributed by atoms with Crippen molar-refractivity contribution in [2.24, 2.45) is 0 Å². The SMILES string of the molecule is CC(C)O[C@@H](Cc1cccc(C#CCOc2ccc(Cl)cc2Cl)c1)C(=O)O. The summed E-state index contributed by atoms with van der Waals surface area (Å²) in [4.78, 5) is 11.3. The van der Waals surface area contributed by atoms with Crippen LogP contribution in [-0.2, 0) is 16.0 Å². The van der Waals surface area contributed by atoms with E-state index in [9.17, 15) is 9.90 Å². The van der Waals surface area contributed by atoms with Crippen LogP contribution < -0.4 is 4.74 Å². The van der Waals surface area contributed by atoms with Gasteiger partial charge in [0, 0.05) is 17.0 Å². The predicted molar refractivity (Wildman–Crippen MR) is 107 cm³/mol. The summed E-state index contributed by atoms with van der Waals surface area (Å²) in [7, 11) is 0. The highest BCUT2D eigenvalue weighted by atomic mass is 35.5. The Kier molecular flexibility index (Phi) is 7.99. The number of halogens is 2. The standard InChI is InChI=1S/C21H20Cl2O4/c1-14(2)27-20(21(24)25)12-16-6-3-5-15(11-16)7-4-10-26-19-9-8-17(22)13-18(19)23/h3,5-6,8-9,11,13-14,20H,10,12H2,1-2H3,(H,24,25)/t20-/m0/s1. The van der Waals surface area contributed by atoms with Crippen LogP contribution in [0, 0.1) is 11.8 Å². The lowest BCUT2D eigenvalue weighted by Gasteiger charge is -2.16. The normalized spacial score (nSPS) is 11.6. The third-order valence-corrected chi connectivity index (χ3v) is 4.02. The summed E-state index contributed by atoms with van der Waals surface area (Å²) in [6.07, 6.45) is -0.769. The molecule has 1 N–H and O–H groups in total. The van der Waals surface area contributed by atoms with Gasteiger partial charge in [0.2, 0.25) is 0 Å². The summed E-state index contributed by atoms with van der Waals surface area (Å²) in [5.74, 6) is 5.45. The van der Waals surface area contributed by atoms with E-state index in [0.29, 0.717) is 15.8 Å². The predicted octanol–water partition coefficient (Wildman–Crippen LogP) is 4.84. The Morgan fingerprint density at radius 2 is 1.96 bits per heavy atom. The van der Waals surface area contributed by atoms with Crippen molar-refractivity contribution in [2.45, 2.75) is 32.5 Å². The first kappa shape index (κ1) is 21.1. The third kappa shape index (κ3) is 7.15. The molecule has 0 aliphatic rings. The Morgan fingerprint density at radius 1 is 1.19 bits per heavy atom. The number of hydrogen-bond acceptors (Lipinski definition) is 3. The number of hydrogen-bond donors (Lipinski definition) is 1. The number of benzene rings is 2. The van der Waals surface area contributed by atoms with Gasteiger partial charge in [-0.05, 0) is 49.7 Å². The van der Waals surface area contributed by atoms with Crippen LogP contribution in [0.5, 0.6) is 5.75 Å². The van der Waals surface area contributed by atoms with Crippen LogP contribution in [0.25, 0.3) is 0 Å². The molecule has 0 amide bonds. The number of rotatable bonds is 7. The average Bonchev–Trinajstić information content (AvgIpc) is 2.59. The molecule has 2 rings (SSSR count). The van der Waals surface area contributed by atoms with Gasteiger partial charge in [0.1, 0.15) is 12.4 Å². The lowest BCUT2D eigenvalue weighted by atomic mass is 10.0. The molecule has 0 saturated heterocycles. The fourth-order valence-electron chi connectivity index (χ4n) is 2.36. The summed E-state index contributed by atoms with van der Waals surface area (Å²) >= 11 is 11.9. The third-order valence-electron chi connectivity index (χ3n) is 3.49. The van der Waals surface area contributed by atoms with Crippen LogP contribution in [0.15, 0.2) is 42.5 Å². The van der Waals surface area contributed by atoms with Gasteiger partial charge in [0.25, 0.3) is 0 Å². The molecule has 6 heteroatoms. The Labute approximate surface area is 169 Å². The second-order valence-electron chi connectivity index (χ2n) is 6.08. The zero-order valence-electron chi connectivity index (χ0n) is 15.0. The maximum Gasteiger partial charge on any atom is 0.333 e. The Hall–Kier alpha value is -2.19. The van der Waals surface area contributed by atoms with Crippen LogP contribution in [0.4, 0.5) is 0 Å². The van der Waals surface area contributed by atoms with E-state index in [1.165, 1.54) is 0 Å². The quantitative estimate of drug-likeness (QED) is 0.667. The minimum atomic E-state index is -0.978. The molecule has 0 aromatic heterocycles. The van der Waals surface area contributed by atoms with E-state index in [1.54, 1.807) is 18.2 Å². The van der Waals surface area contributed by atoms with Gasteiger partial charge in [-0.15, -0.1) is 0 Å². The maximum absolute atomic E-state index is 11.3. The van der Waals surface area contributed by atoms with Crippen LogP contribution in [0.3, 0.4) is 0 Å². The molecule has 0 fully saturated rings. The van der Waals surface area contributed by atoms with E-state index in [-0.39, 0.29) is 19.1 Å². The van der Waals surface area contributed by atoms with Gasteiger partial charge in [-0.2, -0.15) is 0 Å². The summed E-state index contributed by atoms with van der Waals surface area (Å²) in [5, 5.41) is 10.3. The molecule has 0 unspecified atom stereocenters. The molecule has 0 radical (unpaired) electrons. The highest BCUT2D eigenvalue weighted by Gasteiger charge is 2.20. The number of carboxylic acid groups (broad SMARTS) is 1. The summed E-state index contributed by atoms with van der Waals surface area (Å²) in [6, 6.07) is 12.4. The Morgan fingerprint density at radius 3 is 2.63 bits per heavy atom. The van der Waals surface area contributed by atoms with E-state index < -0.39 is 12.1 Å². The van der Waals surface area contributed by atoms with E-state index in [4.69, 9.17) is 32.7 Å². The molecule has 4 nitrogen and oxygen atoms in total. The van der Waals surface area contributed by atoms with Crippen molar-refractivity contribution >= 4 is 29.2 Å². The van der Waals surface area contributed by atoms with E-state index in [0.717, 1.165) is 11.1 Å². The number of aliphatic carboxylic acids is 1. The fourth-order valence-corrected chi connectivity index (χ4v) is 2.82. The molecule has 0 spiro atoms. The molecular weight excluding hydrogens is 387 g/mol. The van der Waals surface area contributed by atoms with Crippen molar-refractivity contribution in [3.05, 3.63) is 63.6 Å². The summed E-state index contributed by atoms with van der Waals surface area (Å²) < 4.78 is 11.0. The lowest BCUT2D eigenvalue weighted by molar-refractivity contribution is -0.153. The molecule has 0 heterocycles. The average molecular weight is 407 g/mol. The molecule has 2 aromatic rings. The minimum absolute atomic E-state index is 0.161. The molecule has 0 saturated carbocycles. The van der Waals surface area contributed by atoms with Crippen molar-refractivity contribution in [3.8, 4) is 17.6 Å². The van der Waals surface area contributed by atoms with Gasteiger partial charge in [-0.25, -0.2) is 4.79 Å². The van der Waals surface area contributed by atoms with Gasteiger partial charge in [-0.3, -0.25) is 0 Å². The molecule has 142 valence electrons. The van der Waals surface area contributed by atoms with E-state index in [1.807, 2.05) is 38.1 Å². The van der Waals surface area contributed by atoms with Gasteiger partial charge < -0.3 is 14.6 Å². The molecule has 0 bridgehead atoms. The molecule has 0 aliphatic heterocycles. The zero-order valence-corrected chi connectivity index (χ0v) is 16.6. The highest BCUT2D eigenvalue weighted by Crippen LogP contribution is 2.27. The topological polar surface area (TPSA) is 55.8 Å². The van der Waals surface area contributed by atoms with Crippen molar-refractivity contribution in [1.29, 1.82) is 0 Å². The highest BCUT2D eigenvalue weighted by molar-refractivity contribution is 6.35. The van der Waals surface area contributed by atoms with Gasteiger partial charge in [0.15, 0.2) is 6.10 Å².